The van der Waals surface area contributed by atoms with Gasteiger partial charge in [0.1, 0.15) is 12.1 Å². The summed E-state index contributed by atoms with van der Waals surface area (Å²) in [6.45, 7) is 5.70. The van der Waals surface area contributed by atoms with Gasteiger partial charge in [0.15, 0.2) is 11.6 Å². The first-order valence-corrected chi connectivity index (χ1v) is 8.18. The van der Waals surface area contributed by atoms with Crippen molar-refractivity contribution < 1.29 is 18.7 Å². The molecule has 2 heterocycles. The molecule has 2 fully saturated rings. The standard InChI is InChI=1S/C17H22FN3O3/c1-12(2)21-15(22)17(19-16(21)23)7-8-20(11-17)9-10-24-14-6-4-3-5-13(14)18/h3-6,12H,7-11H2,1-2H3,(H,19,23)/t17-/m1/s1. The maximum Gasteiger partial charge on any atom is 0.325 e. The number of imide groups is 1. The summed E-state index contributed by atoms with van der Waals surface area (Å²) in [5.74, 6) is -0.316. The molecule has 0 bridgehead atoms. The minimum Gasteiger partial charge on any atom is -0.489 e. The fourth-order valence-electron chi connectivity index (χ4n) is 3.31. The first-order chi connectivity index (χ1) is 11.4. The number of likely N-dealkylation sites (tertiary alicyclic amines) is 1. The minimum atomic E-state index is -0.820. The van der Waals surface area contributed by atoms with E-state index in [-0.39, 0.29) is 29.5 Å². The molecule has 1 spiro atoms. The fraction of sp³-hybridized carbons (Fsp3) is 0.529. The van der Waals surface area contributed by atoms with Crippen molar-refractivity contribution in [2.24, 2.45) is 0 Å². The molecule has 0 saturated carbocycles. The number of nitrogens with one attached hydrogen (secondary N) is 1. The molecular weight excluding hydrogens is 313 g/mol. The average molecular weight is 335 g/mol. The molecule has 1 N–H and O–H groups in total. The van der Waals surface area contributed by atoms with Crippen molar-refractivity contribution in [2.45, 2.75) is 31.8 Å². The van der Waals surface area contributed by atoms with Gasteiger partial charge >= 0.3 is 6.03 Å². The number of carbonyl (C=O) groups excluding carboxylic acids is 2. The normalized spacial score (nSPS) is 24.2. The van der Waals surface area contributed by atoms with Crippen LogP contribution < -0.4 is 10.1 Å². The zero-order chi connectivity index (χ0) is 17.3. The zero-order valence-electron chi connectivity index (χ0n) is 13.9. The Kier molecular flexibility index (Phi) is 4.45. The third-order valence-electron chi connectivity index (χ3n) is 4.56. The summed E-state index contributed by atoms with van der Waals surface area (Å²) in [5, 5.41) is 2.85. The summed E-state index contributed by atoms with van der Waals surface area (Å²) < 4.78 is 19.0. The molecule has 0 aliphatic carbocycles. The number of amides is 3. The number of hydrogen-bond acceptors (Lipinski definition) is 4. The number of para-hydroxylation sites is 1. The van der Waals surface area contributed by atoms with Crippen LogP contribution in [-0.4, -0.2) is 59.6 Å². The Morgan fingerprint density at radius 2 is 2.08 bits per heavy atom. The van der Waals surface area contributed by atoms with Crippen molar-refractivity contribution in [1.82, 2.24) is 15.1 Å². The molecule has 3 amide bonds. The lowest BCUT2D eigenvalue weighted by Crippen LogP contribution is -2.49. The molecule has 1 aromatic rings. The molecule has 130 valence electrons. The molecule has 3 rings (SSSR count). The SMILES string of the molecule is CC(C)N1C(=O)N[C@@]2(CCN(CCOc3ccccc3F)C2)C1=O. The van der Waals surface area contributed by atoms with Crippen LogP contribution in [0, 0.1) is 5.82 Å². The van der Waals surface area contributed by atoms with Crippen LogP contribution in [0.25, 0.3) is 0 Å². The van der Waals surface area contributed by atoms with Crippen molar-refractivity contribution in [3.63, 3.8) is 0 Å². The number of ether oxygens (including phenoxy) is 1. The van der Waals surface area contributed by atoms with Gasteiger partial charge in [-0.2, -0.15) is 0 Å². The zero-order valence-corrected chi connectivity index (χ0v) is 13.9. The smallest absolute Gasteiger partial charge is 0.325 e. The van der Waals surface area contributed by atoms with Crippen LogP contribution in [0.15, 0.2) is 24.3 Å². The van der Waals surface area contributed by atoms with Gasteiger partial charge in [0.05, 0.1) is 0 Å². The van der Waals surface area contributed by atoms with Crippen LogP contribution in [0.2, 0.25) is 0 Å². The highest BCUT2D eigenvalue weighted by molar-refractivity contribution is 6.07. The predicted octanol–water partition coefficient (Wildman–Crippen LogP) is 1.61. The van der Waals surface area contributed by atoms with Crippen molar-refractivity contribution >= 4 is 11.9 Å². The minimum absolute atomic E-state index is 0.153. The van der Waals surface area contributed by atoms with Gasteiger partial charge in [-0.25, -0.2) is 9.18 Å². The summed E-state index contributed by atoms with van der Waals surface area (Å²) >= 11 is 0. The summed E-state index contributed by atoms with van der Waals surface area (Å²) in [4.78, 5) is 28.0. The van der Waals surface area contributed by atoms with Crippen LogP contribution in [-0.2, 0) is 4.79 Å². The van der Waals surface area contributed by atoms with Crippen molar-refractivity contribution in [3.05, 3.63) is 30.1 Å². The lowest BCUT2D eigenvalue weighted by Gasteiger charge is -2.23. The Balaban J connectivity index is 1.55. The Hall–Kier alpha value is -2.15. The average Bonchev–Trinajstić information content (AvgIpc) is 3.03. The fourth-order valence-corrected chi connectivity index (χ4v) is 3.31. The number of hydrogen-bond donors (Lipinski definition) is 1. The maximum absolute atomic E-state index is 13.5. The highest BCUT2D eigenvalue weighted by Crippen LogP contribution is 2.29. The second-order valence-electron chi connectivity index (χ2n) is 6.59. The number of halogens is 1. The molecule has 6 nitrogen and oxygen atoms in total. The summed E-state index contributed by atoms with van der Waals surface area (Å²) in [5.41, 5.74) is -0.820. The van der Waals surface area contributed by atoms with E-state index in [1.807, 2.05) is 13.8 Å². The highest BCUT2D eigenvalue weighted by atomic mass is 19.1. The van der Waals surface area contributed by atoms with E-state index in [0.717, 1.165) is 0 Å². The Morgan fingerprint density at radius 1 is 1.33 bits per heavy atom. The van der Waals surface area contributed by atoms with Crippen molar-refractivity contribution in [2.75, 3.05) is 26.2 Å². The lowest BCUT2D eigenvalue weighted by molar-refractivity contribution is -0.132. The van der Waals surface area contributed by atoms with E-state index in [2.05, 4.69) is 10.2 Å². The lowest BCUT2D eigenvalue weighted by atomic mass is 9.99. The van der Waals surface area contributed by atoms with Crippen molar-refractivity contribution in [1.29, 1.82) is 0 Å². The van der Waals surface area contributed by atoms with Crippen LogP contribution in [0.1, 0.15) is 20.3 Å². The largest absolute Gasteiger partial charge is 0.489 e. The van der Waals surface area contributed by atoms with Gasteiger partial charge in [0.2, 0.25) is 0 Å². The number of urea groups is 1. The highest BCUT2D eigenvalue weighted by Gasteiger charge is 2.55. The summed E-state index contributed by atoms with van der Waals surface area (Å²) in [7, 11) is 0. The van der Waals surface area contributed by atoms with Crippen LogP contribution in [0.5, 0.6) is 5.75 Å². The van der Waals surface area contributed by atoms with E-state index in [4.69, 9.17) is 4.74 Å². The van der Waals surface area contributed by atoms with E-state index in [1.165, 1.54) is 11.0 Å². The predicted molar refractivity (Wildman–Crippen MR) is 86.2 cm³/mol. The first kappa shape index (κ1) is 16.7. The Morgan fingerprint density at radius 3 is 2.75 bits per heavy atom. The molecule has 2 saturated heterocycles. The Labute approximate surface area is 140 Å². The third kappa shape index (κ3) is 2.96. The van der Waals surface area contributed by atoms with E-state index in [1.54, 1.807) is 18.2 Å². The summed E-state index contributed by atoms with van der Waals surface area (Å²) in [6, 6.07) is 5.79. The van der Waals surface area contributed by atoms with Gasteiger partial charge in [0.25, 0.3) is 5.91 Å². The molecular formula is C17H22FN3O3. The molecule has 1 aromatic carbocycles. The number of carbonyl (C=O) groups is 2. The van der Waals surface area contributed by atoms with E-state index < -0.39 is 5.54 Å². The third-order valence-corrected chi connectivity index (χ3v) is 4.56. The summed E-state index contributed by atoms with van der Waals surface area (Å²) in [6.07, 6.45) is 0.584. The maximum atomic E-state index is 13.5. The molecule has 24 heavy (non-hydrogen) atoms. The van der Waals surface area contributed by atoms with Crippen LogP contribution in [0.4, 0.5) is 9.18 Å². The molecule has 2 aliphatic rings. The van der Waals surface area contributed by atoms with Gasteiger partial charge in [-0.3, -0.25) is 14.6 Å². The van der Waals surface area contributed by atoms with Gasteiger partial charge in [-0.15, -0.1) is 0 Å². The van der Waals surface area contributed by atoms with Crippen LogP contribution in [0.3, 0.4) is 0 Å². The number of rotatable bonds is 5. The van der Waals surface area contributed by atoms with Crippen molar-refractivity contribution in [3.8, 4) is 5.75 Å². The topological polar surface area (TPSA) is 61.9 Å². The quantitative estimate of drug-likeness (QED) is 0.831. The molecule has 0 aromatic heterocycles. The van der Waals surface area contributed by atoms with E-state index >= 15 is 0 Å². The van der Waals surface area contributed by atoms with Gasteiger partial charge < -0.3 is 10.1 Å². The Bertz CT molecular complexity index is 652. The van der Waals surface area contributed by atoms with Crippen LogP contribution >= 0.6 is 0 Å². The molecule has 0 unspecified atom stereocenters. The molecule has 2 aliphatic heterocycles. The van der Waals surface area contributed by atoms with Gasteiger partial charge in [-0.05, 0) is 32.4 Å². The monoisotopic (exact) mass is 335 g/mol. The van der Waals surface area contributed by atoms with Gasteiger partial charge in [0, 0.05) is 25.7 Å². The first-order valence-electron chi connectivity index (χ1n) is 8.18. The molecule has 0 radical (unpaired) electrons. The van der Waals surface area contributed by atoms with E-state index in [9.17, 15) is 14.0 Å². The van der Waals surface area contributed by atoms with Gasteiger partial charge in [-0.1, -0.05) is 12.1 Å². The molecule has 1 atom stereocenters. The number of nitrogens with zero attached hydrogens (tertiary/aromatic N) is 2. The molecule has 7 heteroatoms. The van der Waals surface area contributed by atoms with E-state index in [0.29, 0.717) is 32.7 Å². The number of benzene rings is 1. The second kappa shape index (κ2) is 6.39. The second-order valence-corrected chi connectivity index (χ2v) is 6.59.